The first-order chi connectivity index (χ1) is 17.7. The molecule has 0 spiro atoms. The number of nitrogen functional groups attached to an aromatic ring is 1. The van der Waals surface area contributed by atoms with Crippen LogP contribution in [0, 0.1) is 12.7 Å². The molecule has 1 amide bonds. The average Bonchev–Trinajstić information content (AvgIpc) is 3.05. The van der Waals surface area contributed by atoms with E-state index in [0.29, 0.717) is 47.6 Å². The number of benzene rings is 3. The minimum Gasteiger partial charge on any atom is -0.496 e. The zero-order chi connectivity index (χ0) is 26.6. The smallest absolute Gasteiger partial charge is 0.297 e. The van der Waals surface area contributed by atoms with Gasteiger partial charge in [-0.3, -0.25) is 8.98 Å². The maximum Gasteiger partial charge on any atom is 0.297 e. The summed E-state index contributed by atoms with van der Waals surface area (Å²) in [4.78, 5) is 15.1. The van der Waals surface area contributed by atoms with Gasteiger partial charge >= 0.3 is 0 Å². The number of fused-ring (bicyclic) bond motifs is 1. The molecular weight excluding hydrogens is 499 g/mol. The van der Waals surface area contributed by atoms with Crippen LogP contribution >= 0.6 is 0 Å². The molecule has 10 heteroatoms. The number of amides is 1. The largest absolute Gasteiger partial charge is 0.496 e. The first-order valence-corrected chi connectivity index (χ1v) is 13.2. The Kier molecular flexibility index (Phi) is 8.11. The molecule has 0 saturated heterocycles. The van der Waals surface area contributed by atoms with Crippen molar-refractivity contribution in [3.63, 3.8) is 0 Å². The summed E-state index contributed by atoms with van der Waals surface area (Å²) in [6, 6.07) is 15.3. The summed E-state index contributed by atoms with van der Waals surface area (Å²) in [5.74, 6) is -0.430. The van der Waals surface area contributed by atoms with Crippen molar-refractivity contribution in [2.75, 3.05) is 37.5 Å². The van der Waals surface area contributed by atoms with Crippen LogP contribution in [0.5, 0.6) is 5.75 Å². The molecular formula is C27H29FN2O6S. The monoisotopic (exact) mass is 528 g/mol. The van der Waals surface area contributed by atoms with Crippen LogP contribution in [-0.2, 0) is 19.0 Å². The Bertz CT molecular complexity index is 1380. The SMILES string of the molecule is COc1cc(N)ccc1C(=O)N1CCCC(OCCOS(=O)(=O)c2ccc(C)cc2)c2cc(F)ccc21. The van der Waals surface area contributed by atoms with Gasteiger partial charge in [0.05, 0.1) is 36.9 Å². The molecule has 4 rings (SSSR count). The highest BCUT2D eigenvalue weighted by atomic mass is 32.2. The lowest BCUT2D eigenvalue weighted by molar-refractivity contribution is 0.0294. The number of hydrogen-bond acceptors (Lipinski definition) is 7. The van der Waals surface area contributed by atoms with Crippen LogP contribution in [-0.4, -0.2) is 41.2 Å². The lowest BCUT2D eigenvalue weighted by Gasteiger charge is -2.25. The summed E-state index contributed by atoms with van der Waals surface area (Å²) in [6.07, 6.45) is 0.526. The van der Waals surface area contributed by atoms with E-state index in [1.807, 2.05) is 6.92 Å². The Balaban J connectivity index is 1.50. The van der Waals surface area contributed by atoms with Gasteiger partial charge in [-0.15, -0.1) is 0 Å². The second-order valence-corrected chi connectivity index (χ2v) is 10.3. The van der Waals surface area contributed by atoms with Crippen LogP contribution in [0.25, 0.3) is 0 Å². The summed E-state index contributed by atoms with van der Waals surface area (Å²) in [5, 5.41) is 0. The van der Waals surface area contributed by atoms with E-state index in [1.54, 1.807) is 41.3 Å². The summed E-state index contributed by atoms with van der Waals surface area (Å²) >= 11 is 0. The number of aryl methyl sites for hydroxylation is 1. The number of nitrogens with zero attached hydrogens (tertiary/aromatic N) is 1. The molecule has 0 aromatic heterocycles. The molecule has 1 atom stereocenters. The van der Waals surface area contributed by atoms with Gasteiger partial charge in [-0.2, -0.15) is 8.42 Å². The number of carbonyl (C=O) groups is 1. The van der Waals surface area contributed by atoms with Gasteiger partial charge in [-0.25, -0.2) is 4.39 Å². The van der Waals surface area contributed by atoms with Gasteiger partial charge in [0.1, 0.15) is 11.6 Å². The molecule has 0 aliphatic carbocycles. The van der Waals surface area contributed by atoms with Crippen molar-refractivity contribution in [2.24, 2.45) is 0 Å². The number of hydrogen-bond donors (Lipinski definition) is 1. The lowest BCUT2D eigenvalue weighted by Crippen LogP contribution is -2.32. The van der Waals surface area contributed by atoms with E-state index in [4.69, 9.17) is 19.4 Å². The van der Waals surface area contributed by atoms with Crippen LogP contribution in [0.3, 0.4) is 0 Å². The van der Waals surface area contributed by atoms with Gasteiger partial charge in [0.2, 0.25) is 0 Å². The Morgan fingerprint density at radius 3 is 2.57 bits per heavy atom. The van der Waals surface area contributed by atoms with Gasteiger partial charge < -0.3 is 20.1 Å². The van der Waals surface area contributed by atoms with Gasteiger partial charge in [0, 0.05) is 29.5 Å². The van der Waals surface area contributed by atoms with E-state index >= 15 is 0 Å². The number of methoxy groups -OCH3 is 1. The Hall–Kier alpha value is -3.47. The second-order valence-electron chi connectivity index (χ2n) is 8.71. The molecule has 1 unspecified atom stereocenters. The maximum atomic E-state index is 14.3. The van der Waals surface area contributed by atoms with E-state index in [1.165, 1.54) is 31.4 Å². The van der Waals surface area contributed by atoms with Crippen molar-refractivity contribution in [2.45, 2.75) is 30.8 Å². The summed E-state index contributed by atoms with van der Waals surface area (Å²) in [7, 11) is -2.47. The fourth-order valence-electron chi connectivity index (χ4n) is 4.26. The minimum absolute atomic E-state index is 0.0363. The standard InChI is InChI=1S/C27H29FN2O6S/c1-18-5-9-21(10-6-18)37(32,33)36-15-14-35-25-4-3-13-30(24-12-7-19(28)16-23(24)25)27(31)22-11-8-20(29)17-26(22)34-2/h5-12,16-17,25H,3-4,13-15,29H2,1-2H3. The lowest BCUT2D eigenvalue weighted by atomic mass is 10.0. The highest BCUT2D eigenvalue weighted by Gasteiger charge is 2.29. The average molecular weight is 529 g/mol. The molecule has 0 bridgehead atoms. The minimum atomic E-state index is -3.93. The van der Waals surface area contributed by atoms with Crippen LogP contribution in [0.15, 0.2) is 65.6 Å². The normalized spacial score (nSPS) is 15.6. The molecule has 0 saturated carbocycles. The molecule has 3 aromatic carbocycles. The molecule has 0 radical (unpaired) electrons. The van der Waals surface area contributed by atoms with Gasteiger partial charge in [0.25, 0.3) is 16.0 Å². The van der Waals surface area contributed by atoms with E-state index in [9.17, 15) is 17.6 Å². The molecule has 1 aliphatic rings. The summed E-state index contributed by atoms with van der Waals surface area (Å²) < 4.78 is 55.6. The number of ether oxygens (including phenoxy) is 2. The fraction of sp³-hybridized carbons (Fsp3) is 0.296. The summed E-state index contributed by atoms with van der Waals surface area (Å²) in [6.45, 7) is 2.00. The van der Waals surface area contributed by atoms with Crippen LogP contribution in [0.1, 0.15) is 40.4 Å². The van der Waals surface area contributed by atoms with Crippen molar-refractivity contribution in [1.29, 1.82) is 0 Å². The van der Waals surface area contributed by atoms with Crippen molar-refractivity contribution in [3.8, 4) is 5.75 Å². The predicted molar refractivity (Wildman–Crippen MR) is 138 cm³/mol. The number of anilines is 2. The first-order valence-electron chi connectivity index (χ1n) is 11.8. The van der Waals surface area contributed by atoms with Gasteiger partial charge in [-0.1, -0.05) is 17.7 Å². The van der Waals surface area contributed by atoms with Gasteiger partial charge in [0.15, 0.2) is 0 Å². The zero-order valence-corrected chi connectivity index (χ0v) is 21.5. The maximum absolute atomic E-state index is 14.3. The van der Waals surface area contributed by atoms with Gasteiger partial charge in [-0.05, 0) is 62.2 Å². The number of nitrogens with two attached hydrogens (primary N) is 1. The topological polar surface area (TPSA) is 108 Å². The zero-order valence-electron chi connectivity index (χ0n) is 20.6. The number of carbonyl (C=O) groups excluding carboxylic acids is 1. The summed E-state index contributed by atoms with van der Waals surface area (Å²) in [5.41, 5.74) is 8.58. The molecule has 0 fully saturated rings. The molecule has 196 valence electrons. The van der Waals surface area contributed by atoms with Crippen LogP contribution < -0.4 is 15.4 Å². The third-order valence-electron chi connectivity index (χ3n) is 6.13. The van der Waals surface area contributed by atoms with E-state index in [-0.39, 0.29) is 24.0 Å². The third kappa shape index (κ3) is 6.10. The van der Waals surface area contributed by atoms with Crippen molar-refractivity contribution in [1.82, 2.24) is 0 Å². The Morgan fingerprint density at radius 2 is 1.84 bits per heavy atom. The first kappa shape index (κ1) is 26.6. The molecule has 3 aromatic rings. The Labute approximate surface area is 215 Å². The van der Waals surface area contributed by atoms with Crippen LogP contribution in [0.2, 0.25) is 0 Å². The molecule has 1 heterocycles. The van der Waals surface area contributed by atoms with Crippen molar-refractivity contribution < 1.29 is 31.3 Å². The van der Waals surface area contributed by atoms with Crippen LogP contribution in [0.4, 0.5) is 15.8 Å². The highest BCUT2D eigenvalue weighted by Crippen LogP contribution is 2.37. The third-order valence-corrected chi connectivity index (χ3v) is 7.45. The van der Waals surface area contributed by atoms with E-state index < -0.39 is 22.0 Å². The van der Waals surface area contributed by atoms with E-state index in [0.717, 1.165) is 5.56 Å². The van der Waals surface area contributed by atoms with Crippen molar-refractivity contribution >= 4 is 27.4 Å². The molecule has 37 heavy (non-hydrogen) atoms. The number of rotatable bonds is 8. The Morgan fingerprint density at radius 1 is 1.08 bits per heavy atom. The quantitative estimate of drug-likeness (QED) is 0.258. The fourth-order valence-corrected chi connectivity index (χ4v) is 5.15. The predicted octanol–water partition coefficient (Wildman–Crippen LogP) is 4.63. The molecule has 1 aliphatic heterocycles. The molecule has 8 nitrogen and oxygen atoms in total. The second kappa shape index (κ2) is 11.3. The highest BCUT2D eigenvalue weighted by molar-refractivity contribution is 7.86. The van der Waals surface area contributed by atoms with E-state index in [2.05, 4.69) is 0 Å². The molecule has 2 N–H and O–H groups in total. The number of halogens is 1. The van der Waals surface area contributed by atoms with Crippen molar-refractivity contribution in [3.05, 3.63) is 83.2 Å².